The molecule has 0 fully saturated rings. The van der Waals surface area contributed by atoms with E-state index in [0.29, 0.717) is 18.7 Å². The predicted molar refractivity (Wildman–Crippen MR) is 88.6 cm³/mol. The van der Waals surface area contributed by atoms with Gasteiger partial charge in [-0.3, -0.25) is 4.72 Å². The highest BCUT2D eigenvalue weighted by atomic mass is 32.2. The van der Waals surface area contributed by atoms with Gasteiger partial charge in [0.1, 0.15) is 0 Å². The lowest BCUT2D eigenvalue weighted by Crippen LogP contribution is -2.21. The number of hydrogen-bond donors (Lipinski definition) is 2. The van der Waals surface area contributed by atoms with Crippen molar-refractivity contribution < 1.29 is 8.42 Å². The molecule has 0 bridgehead atoms. The van der Waals surface area contributed by atoms with Crippen LogP contribution < -0.4 is 10.5 Å². The maximum absolute atomic E-state index is 12.1. The first kappa shape index (κ1) is 17.5. The Bertz CT molecular complexity index is 647. The Hall–Kier alpha value is -1.51. The second-order valence-corrected chi connectivity index (χ2v) is 8.11. The second-order valence-electron chi connectivity index (χ2n) is 6.27. The molecular formula is C16H24N2O2S. The zero-order valence-electron chi connectivity index (χ0n) is 13.2. The van der Waals surface area contributed by atoms with Gasteiger partial charge in [-0.1, -0.05) is 32.6 Å². The standard InChI is InChI=1S/C16H24N2O2S/c1-13-12-14(6-5-10-17)7-8-15(13)18-21(19,20)11-9-16(2,3)4/h7-8,12,18H,9-11,17H2,1-4H3. The van der Waals surface area contributed by atoms with E-state index < -0.39 is 10.0 Å². The van der Waals surface area contributed by atoms with Crippen LogP contribution in [0.4, 0.5) is 5.69 Å². The van der Waals surface area contributed by atoms with Crippen molar-refractivity contribution >= 4 is 15.7 Å². The molecule has 116 valence electrons. The Morgan fingerprint density at radius 1 is 1.29 bits per heavy atom. The highest BCUT2D eigenvalue weighted by molar-refractivity contribution is 7.92. The summed E-state index contributed by atoms with van der Waals surface area (Å²) in [7, 11) is -3.33. The van der Waals surface area contributed by atoms with Gasteiger partial charge in [0.25, 0.3) is 0 Å². The molecule has 1 aromatic carbocycles. The first-order valence-electron chi connectivity index (χ1n) is 6.93. The molecular weight excluding hydrogens is 284 g/mol. The third-order valence-electron chi connectivity index (χ3n) is 2.95. The highest BCUT2D eigenvalue weighted by Gasteiger charge is 2.17. The Morgan fingerprint density at radius 2 is 1.95 bits per heavy atom. The summed E-state index contributed by atoms with van der Waals surface area (Å²) in [5.74, 6) is 5.82. The SMILES string of the molecule is Cc1cc(C#CCN)ccc1NS(=O)(=O)CCC(C)(C)C. The van der Waals surface area contributed by atoms with Crippen LogP contribution in [0.25, 0.3) is 0 Å². The minimum atomic E-state index is -3.33. The molecule has 0 saturated carbocycles. The molecule has 0 aliphatic carbocycles. The molecule has 1 rings (SSSR count). The van der Waals surface area contributed by atoms with Crippen LogP contribution in [0.3, 0.4) is 0 Å². The molecule has 1 aromatic rings. The van der Waals surface area contributed by atoms with Crippen molar-refractivity contribution in [1.82, 2.24) is 0 Å². The molecule has 0 unspecified atom stereocenters. The molecule has 5 heteroatoms. The van der Waals surface area contributed by atoms with E-state index in [2.05, 4.69) is 16.6 Å². The molecule has 0 radical (unpaired) electrons. The lowest BCUT2D eigenvalue weighted by molar-refractivity contribution is 0.397. The predicted octanol–water partition coefficient (Wildman–Crippen LogP) is 2.48. The maximum Gasteiger partial charge on any atom is 0.232 e. The largest absolute Gasteiger partial charge is 0.320 e. The second kappa shape index (κ2) is 6.97. The van der Waals surface area contributed by atoms with Gasteiger partial charge in [-0.15, -0.1) is 0 Å². The van der Waals surface area contributed by atoms with Gasteiger partial charge in [0.2, 0.25) is 10.0 Å². The Morgan fingerprint density at radius 3 is 2.48 bits per heavy atom. The Labute approximate surface area is 128 Å². The number of aryl methyl sites for hydroxylation is 1. The van der Waals surface area contributed by atoms with Crippen molar-refractivity contribution in [1.29, 1.82) is 0 Å². The quantitative estimate of drug-likeness (QED) is 0.839. The van der Waals surface area contributed by atoms with E-state index in [1.807, 2.05) is 33.8 Å². The molecule has 0 heterocycles. The van der Waals surface area contributed by atoms with Crippen LogP contribution in [-0.4, -0.2) is 20.7 Å². The van der Waals surface area contributed by atoms with Crippen molar-refractivity contribution in [3.05, 3.63) is 29.3 Å². The van der Waals surface area contributed by atoms with Gasteiger partial charge in [-0.05, 0) is 42.5 Å². The summed E-state index contributed by atoms with van der Waals surface area (Å²) in [6, 6.07) is 5.38. The fourth-order valence-corrected chi connectivity index (χ4v) is 3.22. The lowest BCUT2D eigenvalue weighted by Gasteiger charge is -2.18. The molecule has 3 N–H and O–H groups in total. The van der Waals surface area contributed by atoms with Crippen molar-refractivity contribution in [3.8, 4) is 11.8 Å². The fourth-order valence-electron chi connectivity index (χ4n) is 1.67. The zero-order valence-corrected chi connectivity index (χ0v) is 14.0. The lowest BCUT2D eigenvalue weighted by atomic mass is 9.94. The number of anilines is 1. The van der Waals surface area contributed by atoms with Crippen LogP contribution in [0.2, 0.25) is 0 Å². The summed E-state index contributed by atoms with van der Waals surface area (Å²) < 4.78 is 26.8. The van der Waals surface area contributed by atoms with E-state index >= 15 is 0 Å². The molecule has 4 nitrogen and oxygen atoms in total. The topological polar surface area (TPSA) is 72.2 Å². The number of rotatable bonds is 4. The van der Waals surface area contributed by atoms with Gasteiger partial charge in [0, 0.05) is 5.56 Å². The molecule has 0 saturated heterocycles. The minimum Gasteiger partial charge on any atom is -0.320 e. The minimum absolute atomic E-state index is 0.00847. The van der Waals surface area contributed by atoms with Crippen molar-refractivity contribution in [2.24, 2.45) is 11.1 Å². The summed E-state index contributed by atoms with van der Waals surface area (Å²) in [5.41, 5.74) is 7.60. The number of sulfonamides is 1. The summed E-state index contributed by atoms with van der Waals surface area (Å²) in [5, 5.41) is 0. The molecule has 0 aliphatic rings. The average Bonchev–Trinajstić information content (AvgIpc) is 2.36. The van der Waals surface area contributed by atoms with Gasteiger partial charge in [0.05, 0.1) is 18.0 Å². The maximum atomic E-state index is 12.1. The molecule has 21 heavy (non-hydrogen) atoms. The highest BCUT2D eigenvalue weighted by Crippen LogP contribution is 2.22. The van der Waals surface area contributed by atoms with E-state index in [9.17, 15) is 8.42 Å². The number of hydrogen-bond acceptors (Lipinski definition) is 3. The first-order valence-corrected chi connectivity index (χ1v) is 8.58. The van der Waals surface area contributed by atoms with E-state index in [-0.39, 0.29) is 11.2 Å². The van der Waals surface area contributed by atoms with Crippen molar-refractivity contribution in [2.75, 3.05) is 17.0 Å². The third kappa shape index (κ3) is 6.65. The van der Waals surface area contributed by atoms with Crippen molar-refractivity contribution in [3.63, 3.8) is 0 Å². The van der Waals surface area contributed by atoms with Gasteiger partial charge in [0.15, 0.2) is 0 Å². The number of nitrogens with one attached hydrogen (secondary N) is 1. The van der Waals surface area contributed by atoms with E-state index in [0.717, 1.165) is 11.1 Å². The summed E-state index contributed by atoms with van der Waals surface area (Å²) in [4.78, 5) is 0. The van der Waals surface area contributed by atoms with Crippen LogP contribution in [0.5, 0.6) is 0 Å². The van der Waals surface area contributed by atoms with Crippen LogP contribution in [0.1, 0.15) is 38.3 Å². The normalized spacial score (nSPS) is 11.7. The van der Waals surface area contributed by atoms with Gasteiger partial charge < -0.3 is 5.73 Å². The monoisotopic (exact) mass is 308 g/mol. The molecule has 0 spiro atoms. The van der Waals surface area contributed by atoms with Gasteiger partial charge in [-0.25, -0.2) is 8.42 Å². The number of nitrogens with two attached hydrogens (primary N) is 1. The first-order chi connectivity index (χ1) is 9.63. The average molecular weight is 308 g/mol. The smallest absolute Gasteiger partial charge is 0.232 e. The van der Waals surface area contributed by atoms with E-state index in [4.69, 9.17) is 5.73 Å². The van der Waals surface area contributed by atoms with Crippen LogP contribution >= 0.6 is 0 Å². The third-order valence-corrected chi connectivity index (χ3v) is 4.22. The molecule has 0 amide bonds. The number of benzene rings is 1. The van der Waals surface area contributed by atoms with E-state index in [1.54, 1.807) is 12.1 Å². The Kier molecular flexibility index (Phi) is 5.82. The van der Waals surface area contributed by atoms with Crippen LogP contribution in [-0.2, 0) is 10.0 Å². The zero-order chi connectivity index (χ0) is 16.1. The molecule has 0 aliphatic heterocycles. The Balaban J connectivity index is 2.83. The fraction of sp³-hybridized carbons (Fsp3) is 0.500. The van der Waals surface area contributed by atoms with Crippen LogP contribution in [0, 0.1) is 24.2 Å². The summed E-state index contributed by atoms with van der Waals surface area (Å²) in [6.07, 6.45) is 0.613. The van der Waals surface area contributed by atoms with E-state index in [1.165, 1.54) is 0 Å². The van der Waals surface area contributed by atoms with Gasteiger partial charge >= 0.3 is 0 Å². The van der Waals surface area contributed by atoms with Crippen LogP contribution in [0.15, 0.2) is 18.2 Å². The molecule has 0 atom stereocenters. The summed E-state index contributed by atoms with van der Waals surface area (Å²) in [6.45, 7) is 8.24. The van der Waals surface area contributed by atoms with Gasteiger partial charge in [-0.2, -0.15) is 0 Å². The molecule has 0 aromatic heterocycles. The summed E-state index contributed by atoms with van der Waals surface area (Å²) >= 11 is 0. The van der Waals surface area contributed by atoms with Crippen molar-refractivity contribution in [2.45, 2.75) is 34.1 Å².